The Morgan fingerprint density at radius 1 is 1.48 bits per heavy atom. The molecule has 0 amide bonds. The second kappa shape index (κ2) is 7.17. The molecule has 0 bridgehead atoms. The maximum atomic E-state index is 12.4. The lowest BCUT2D eigenvalue weighted by atomic mass is 10.3. The minimum Gasteiger partial charge on any atom is -0.352 e. The number of aromatic nitrogens is 1. The van der Waals surface area contributed by atoms with Crippen molar-refractivity contribution in [1.82, 2.24) is 14.6 Å². The van der Waals surface area contributed by atoms with Crippen LogP contribution in [0.5, 0.6) is 0 Å². The van der Waals surface area contributed by atoms with Gasteiger partial charge in [0.2, 0.25) is 10.0 Å². The molecule has 1 unspecified atom stereocenters. The van der Waals surface area contributed by atoms with E-state index in [1.165, 1.54) is 12.8 Å². The molecule has 0 saturated heterocycles. The van der Waals surface area contributed by atoms with Gasteiger partial charge in [-0.25, -0.2) is 13.1 Å². The second-order valence-electron chi connectivity index (χ2n) is 5.74. The molecule has 1 atom stereocenters. The summed E-state index contributed by atoms with van der Waals surface area (Å²) < 4.78 is 29.4. The zero-order valence-corrected chi connectivity index (χ0v) is 14.6. The Bertz CT molecular complexity index is 565. The maximum Gasteiger partial charge on any atom is 0.242 e. The van der Waals surface area contributed by atoms with E-state index in [-0.39, 0.29) is 6.04 Å². The van der Waals surface area contributed by atoms with Crippen molar-refractivity contribution in [2.45, 2.75) is 49.7 Å². The number of aryl methyl sites for hydroxylation is 1. The Kier molecular flexibility index (Phi) is 5.76. The first-order chi connectivity index (χ1) is 9.92. The summed E-state index contributed by atoms with van der Waals surface area (Å²) in [4.78, 5) is 0.355. The van der Waals surface area contributed by atoms with Crippen molar-refractivity contribution in [1.29, 1.82) is 0 Å². The molecule has 1 aliphatic rings. The van der Waals surface area contributed by atoms with E-state index in [0.29, 0.717) is 10.9 Å². The van der Waals surface area contributed by atoms with Gasteiger partial charge in [-0.3, -0.25) is 0 Å². The second-order valence-corrected chi connectivity index (χ2v) is 8.44. The van der Waals surface area contributed by atoms with Gasteiger partial charge < -0.3 is 9.88 Å². The fourth-order valence-corrected chi connectivity index (χ4v) is 4.08. The van der Waals surface area contributed by atoms with Crippen LogP contribution in [0.25, 0.3) is 0 Å². The number of nitrogens with one attached hydrogen (secondary N) is 2. The lowest BCUT2D eigenvalue weighted by Crippen LogP contribution is -2.32. The van der Waals surface area contributed by atoms with Crippen LogP contribution in [-0.2, 0) is 23.6 Å². The van der Waals surface area contributed by atoms with E-state index in [1.54, 1.807) is 24.0 Å². The molecule has 21 heavy (non-hydrogen) atoms. The van der Waals surface area contributed by atoms with Gasteiger partial charge in [-0.05, 0) is 44.3 Å². The number of sulfonamides is 1. The highest BCUT2D eigenvalue weighted by Crippen LogP contribution is 2.20. The Morgan fingerprint density at radius 3 is 2.81 bits per heavy atom. The summed E-state index contributed by atoms with van der Waals surface area (Å²) in [5.41, 5.74) is 0.999. The summed E-state index contributed by atoms with van der Waals surface area (Å²) in [6.45, 7) is 2.63. The average molecular weight is 332 g/mol. The Morgan fingerprint density at radius 2 is 2.19 bits per heavy atom. The fraction of sp³-hybridized carbons (Fsp3) is 0.714. The molecule has 120 valence electrons. The highest BCUT2D eigenvalue weighted by Gasteiger charge is 2.22. The molecular formula is C14H25N3O2S2. The summed E-state index contributed by atoms with van der Waals surface area (Å²) >= 11 is 1.73. The van der Waals surface area contributed by atoms with Crippen LogP contribution in [0.15, 0.2) is 17.2 Å². The van der Waals surface area contributed by atoms with E-state index >= 15 is 0 Å². The van der Waals surface area contributed by atoms with Crippen LogP contribution < -0.4 is 10.0 Å². The Hall–Kier alpha value is -0.500. The predicted octanol–water partition coefficient (Wildman–Crippen LogP) is 1.70. The predicted molar refractivity (Wildman–Crippen MR) is 88.1 cm³/mol. The van der Waals surface area contributed by atoms with E-state index < -0.39 is 10.0 Å². The van der Waals surface area contributed by atoms with Crippen molar-refractivity contribution < 1.29 is 8.42 Å². The van der Waals surface area contributed by atoms with Gasteiger partial charge in [-0.2, -0.15) is 11.8 Å². The third kappa shape index (κ3) is 5.02. The number of nitrogens with zero attached hydrogens (tertiary/aromatic N) is 1. The van der Waals surface area contributed by atoms with E-state index in [0.717, 1.165) is 24.4 Å². The van der Waals surface area contributed by atoms with Crippen LogP contribution in [0.3, 0.4) is 0 Å². The first kappa shape index (κ1) is 16.9. The molecule has 5 nitrogen and oxygen atoms in total. The third-order valence-electron chi connectivity index (χ3n) is 3.65. The van der Waals surface area contributed by atoms with Gasteiger partial charge >= 0.3 is 0 Å². The van der Waals surface area contributed by atoms with Gasteiger partial charge in [0, 0.05) is 37.6 Å². The van der Waals surface area contributed by atoms with Crippen LogP contribution in [0.2, 0.25) is 0 Å². The molecule has 0 aliphatic heterocycles. The molecule has 1 heterocycles. The Labute approximate surface area is 131 Å². The summed E-state index contributed by atoms with van der Waals surface area (Å²) in [5, 5.41) is 3.41. The van der Waals surface area contributed by atoms with Gasteiger partial charge in [0.15, 0.2) is 0 Å². The quantitative estimate of drug-likeness (QED) is 0.723. The van der Waals surface area contributed by atoms with Crippen LogP contribution >= 0.6 is 11.8 Å². The average Bonchev–Trinajstić information content (AvgIpc) is 3.16. The van der Waals surface area contributed by atoms with Gasteiger partial charge in [0.05, 0.1) is 4.90 Å². The molecule has 1 aromatic heterocycles. The highest BCUT2D eigenvalue weighted by molar-refractivity contribution is 7.98. The zero-order chi connectivity index (χ0) is 15.5. The smallest absolute Gasteiger partial charge is 0.242 e. The Balaban J connectivity index is 1.99. The molecule has 1 aliphatic carbocycles. The number of hydrogen-bond donors (Lipinski definition) is 2. The lowest BCUT2D eigenvalue weighted by Gasteiger charge is -2.12. The van der Waals surface area contributed by atoms with Crippen LogP contribution in [-0.4, -0.2) is 37.1 Å². The molecule has 0 radical (unpaired) electrons. The normalized spacial score (nSPS) is 17.1. The molecule has 0 spiro atoms. The number of thioether (sulfide) groups is 1. The first-order valence-electron chi connectivity index (χ1n) is 7.32. The lowest BCUT2D eigenvalue weighted by molar-refractivity contribution is 0.557. The molecule has 2 N–H and O–H groups in total. The summed E-state index contributed by atoms with van der Waals surface area (Å²) in [5.74, 6) is 0.953. The van der Waals surface area contributed by atoms with E-state index in [2.05, 4.69) is 10.0 Å². The van der Waals surface area contributed by atoms with Crippen LogP contribution in [0, 0.1) is 0 Å². The summed E-state index contributed by atoms with van der Waals surface area (Å²) in [6.07, 6.45) is 7.00. The third-order valence-corrected chi connectivity index (χ3v) is 5.85. The maximum absolute atomic E-state index is 12.4. The van der Waals surface area contributed by atoms with Crippen molar-refractivity contribution in [3.05, 3.63) is 18.0 Å². The largest absolute Gasteiger partial charge is 0.352 e. The van der Waals surface area contributed by atoms with Gasteiger partial charge in [0.25, 0.3) is 0 Å². The molecule has 2 rings (SSSR count). The molecular weight excluding hydrogens is 306 g/mol. The van der Waals surface area contributed by atoms with Gasteiger partial charge in [-0.15, -0.1) is 0 Å². The van der Waals surface area contributed by atoms with Gasteiger partial charge in [-0.1, -0.05) is 0 Å². The van der Waals surface area contributed by atoms with E-state index in [4.69, 9.17) is 0 Å². The zero-order valence-electron chi connectivity index (χ0n) is 12.9. The van der Waals surface area contributed by atoms with Crippen molar-refractivity contribution >= 4 is 21.8 Å². The number of hydrogen-bond acceptors (Lipinski definition) is 4. The van der Waals surface area contributed by atoms with E-state index in [9.17, 15) is 8.42 Å². The minimum absolute atomic E-state index is 0.0457. The van der Waals surface area contributed by atoms with Gasteiger partial charge in [0.1, 0.15) is 0 Å². The summed E-state index contributed by atoms with van der Waals surface area (Å²) in [6, 6.07) is 2.33. The molecule has 1 saturated carbocycles. The van der Waals surface area contributed by atoms with Crippen molar-refractivity contribution in [2.75, 3.05) is 12.0 Å². The van der Waals surface area contributed by atoms with Crippen LogP contribution in [0.1, 0.15) is 31.9 Å². The molecule has 1 fully saturated rings. The molecule has 7 heteroatoms. The standard InChI is InChI=1S/C14H25N3O2S2/c1-11(6-7-20-3)16-21(18,19)14-8-13(17(2)10-14)9-15-12-4-5-12/h8,10-12,15-16H,4-7,9H2,1-3H3. The molecule has 0 aromatic carbocycles. The number of rotatable bonds is 9. The topological polar surface area (TPSA) is 63.1 Å². The first-order valence-corrected chi connectivity index (χ1v) is 10.2. The fourth-order valence-electron chi connectivity index (χ4n) is 2.12. The monoisotopic (exact) mass is 331 g/mol. The van der Waals surface area contributed by atoms with Crippen molar-refractivity contribution in [2.24, 2.45) is 7.05 Å². The molecule has 1 aromatic rings. The van der Waals surface area contributed by atoms with E-state index in [1.807, 2.05) is 24.8 Å². The highest BCUT2D eigenvalue weighted by atomic mass is 32.2. The SMILES string of the molecule is CSCCC(C)NS(=O)(=O)c1cc(CNC2CC2)n(C)c1. The minimum atomic E-state index is -3.42. The summed E-state index contributed by atoms with van der Waals surface area (Å²) in [7, 11) is -1.53. The van der Waals surface area contributed by atoms with Crippen molar-refractivity contribution in [3.63, 3.8) is 0 Å². The van der Waals surface area contributed by atoms with Crippen molar-refractivity contribution in [3.8, 4) is 0 Å². The van der Waals surface area contributed by atoms with Crippen LogP contribution in [0.4, 0.5) is 0 Å².